The van der Waals surface area contributed by atoms with Gasteiger partial charge in [0.1, 0.15) is 10.7 Å². The van der Waals surface area contributed by atoms with Gasteiger partial charge in [0, 0.05) is 17.2 Å². The molecule has 0 aromatic carbocycles. The van der Waals surface area contributed by atoms with Crippen molar-refractivity contribution in [2.45, 2.75) is 19.6 Å². The van der Waals surface area contributed by atoms with Crippen molar-refractivity contribution >= 4 is 33.3 Å². The number of nitrogens with zero attached hydrogens (tertiary/aromatic N) is 1. The first-order valence-electron chi connectivity index (χ1n) is 5.40. The van der Waals surface area contributed by atoms with Crippen LogP contribution in [-0.2, 0) is 5.75 Å². The van der Waals surface area contributed by atoms with Crippen LogP contribution in [0, 0.1) is 13.8 Å². The summed E-state index contributed by atoms with van der Waals surface area (Å²) in [6, 6.07) is 0. The molecule has 17 heavy (non-hydrogen) atoms. The molecule has 92 valence electrons. The van der Waals surface area contributed by atoms with Gasteiger partial charge < -0.3 is 10.7 Å². The van der Waals surface area contributed by atoms with Crippen molar-refractivity contribution in [3.8, 4) is 0 Å². The number of aromatic nitrogens is 2. The molecule has 0 amide bonds. The van der Waals surface area contributed by atoms with Crippen LogP contribution in [0.2, 0.25) is 0 Å². The van der Waals surface area contributed by atoms with Crippen molar-refractivity contribution in [3.63, 3.8) is 0 Å². The lowest BCUT2D eigenvalue weighted by molar-refractivity contribution is 1.04. The molecule has 0 radical (unpaired) electrons. The predicted molar refractivity (Wildman–Crippen MR) is 74.9 cm³/mol. The highest BCUT2D eigenvalue weighted by molar-refractivity contribution is 7.98. The van der Waals surface area contributed by atoms with Crippen LogP contribution in [0.4, 0.5) is 0 Å². The fourth-order valence-electron chi connectivity index (χ4n) is 1.62. The van der Waals surface area contributed by atoms with E-state index in [1.165, 1.54) is 0 Å². The molecule has 0 bridgehead atoms. The summed E-state index contributed by atoms with van der Waals surface area (Å²) in [7, 11) is 0. The molecule has 0 spiro atoms. The van der Waals surface area contributed by atoms with Crippen LogP contribution in [-0.4, -0.2) is 22.3 Å². The first kappa shape index (κ1) is 12.6. The van der Waals surface area contributed by atoms with Crippen LogP contribution < -0.4 is 11.3 Å². The summed E-state index contributed by atoms with van der Waals surface area (Å²) in [5.41, 5.74) is 6.44. The minimum absolute atomic E-state index is 0.0276. The molecule has 3 N–H and O–H groups in total. The summed E-state index contributed by atoms with van der Waals surface area (Å²) in [6.07, 6.45) is 0. The second-order valence-corrected chi connectivity index (χ2v) is 6.13. The lowest BCUT2D eigenvalue weighted by Gasteiger charge is -2.00. The van der Waals surface area contributed by atoms with Gasteiger partial charge in [-0.25, -0.2) is 4.98 Å². The zero-order chi connectivity index (χ0) is 12.4. The monoisotopic (exact) mass is 269 g/mol. The third-order valence-electron chi connectivity index (χ3n) is 2.59. The number of nitrogens with one attached hydrogen (secondary N) is 1. The highest BCUT2D eigenvalue weighted by Gasteiger charge is 2.11. The summed E-state index contributed by atoms with van der Waals surface area (Å²) in [6.45, 7) is 4.63. The highest BCUT2D eigenvalue weighted by atomic mass is 32.2. The molecule has 0 saturated carbocycles. The maximum Gasteiger partial charge on any atom is 0.259 e. The van der Waals surface area contributed by atoms with Gasteiger partial charge in [-0.3, -0.25) is 4.79 Å². The maximum absolute atomic E-state index is 11.9. The largest absolute Gasteiger partial charge is 0.330 e. The Hall–Kier alpha value is -0.850. The van der Waals surface area contributed by atoms with Gasteiger partial charge in [-0.15, -0.1) is 11.3 Å². The standard InChI is InChI=1S/C11H15N3OS2/c1-6-7(2)17-11-9(6)10(15)13-8(14-11)5-16-4-3-12/h3-5,12H2,1-2H3,(H,13,14,15). The molecule has 0 aliphatic heterocycles. The normalized spacial score (nSPS) is 11.2. The van der Waals surface area contributed by atoms with Gasteiger partial charge in [0.25, 0.3) is 5.56 Å². The molecule has 6 heteroatoms. The topological polar surface area (TPSA) is 71.8 Å². The maximum atomic E-state index is 11.9. The highest BCUT2D eigenvalue weighted by Crippen LogP contribution is 2.26. The van der Waals surface area contributed by atoms with E-state index < -0.39 is 0 Å². The molecule has 2 rings (SSSR count). The van der Waals surface area contributed by atoms with Gasteiger partial charge in [0.2, 0.25) is 0 Å². The van der Waals surface area contributed by atoms with E-state index in [1.54, 1.807) is 23.1 Å². The smallest absolute Gasteiger partial charge is 0.259 e. The number of rotatable bonds is 4. The molecular weight excluding hydrogens is 254 g/mol. The van der Waals surface area contributed by atoms with Gasteiger partial charge in [0.15, 0.2) is 0 Å². The van der Waals surface area contributed by atoms with Crippen LogP contribution in [0.15, 0.2) is 4.79 Å². The number of H-pyrrole nitrogens is 1. The predicted octanol–water partition coefficient (Wildman–Crippen LogP) is 1.79. The second kappa shape index (κ2) is 5.20. The first-order valence-corrected chi connectivity index (χ1v) is 7.37. The molecule has 0 saturated heterocycles. The van der Waals surface area contributed by atoms with E-state index in [0.717, 1.165) is 32.2 Å². The average Bonchev–Trinajstić information content (AvgIpc) is 2.55. The Bertz CT molecular complexity index is 588. The van der Waals surface area contributed by atoms with Crippen LogP contribution in [0.25, 0.3) is 10.2 Å². The fourth-order valence-corrected chi connectivity index (χ4v) is 3.31. The summed E-state index contributed by atoms with van der Waals surface area (Å²) < 4.78 is 0. The lowest BCUT2D eigenvalue weighted by atomic mass is 10.2. The fraction of sp³-hybridized carbons (Fsp3) is 0.455. The number of aryl methyl sites for hydroxylation is 2. The van der Waals surface area contributed by atoms with E-state index in [4.69, 9.17) is 5.73 Å². The number of hydrogen-bond acceptors (Lipinski definition) is 5. The van der Waals surface area contributed by atoms with Crippen LogP contribution >= 0.6 is 23.1 Å². The molecule has 0 unspecified atom stereocenters. The van der Waals surface area contributed by atoms with Crippen LogP contribution in [0.1, 0.15) is 16.3 Å². The van der Waals surface area contributed by atoms with Crippen molar-refractivity contribution in [2.75, 3.05) is 12.3 Å². The van der Waals surface area contributed by atoms with Crippen molar-refractivity contribution in [2.24, 2.45) is 5.73 Å². The van der Waals surface area contributed by atoms with Crippen LogP contribution in [0.3, 0.4) is 0 Å². The minimum Gasteiger partial charge on any atom is -0.330 e. The Kier molecular flexibility index (Phi) is 3.86. The van der Waals surface area contributed by atoms with Gasteiger partial charge in [-0.2, -0.15) is 11.8 Å². The van der Waals surface area contributed by atoms with E-state index in [9.17, 15) is 4.79 Å². The Morgan fingerprint density at radius 2 is 2.24 bits per heavy atom. The van der Waals surface area contributed by atoms with Crippen molar-refractivity contribution in [3.05, 3.63) is 26.6 Å². The number of aromatic amines is 1. The molecule has 2 aromatic heterocycles. The zero-order valence-corrected chi connectivity index (χ0v) is 11.5. The molecular formula is C11H15N3OS2. The SMILES string of the molecule is Cc1sc2nc(CSCCN)[nH]c(=O)c2c1C. The van der Waals surface area contributed by atoms with E-state index >= 15 is 0 Å². The summed E-state index contributed by atoms with van der Waals surface area (Å²) in [5.74, 6) is 2.32. The Labute approximate surface area is 108 Å². The van der Waals surface area contributed by atoms with Crippen molar-refractivity contribution < 1.29 is 0 Å². The number of thiophene rings is 1. The molecule has 0 aliphatic carbocycles. The molecule has 4 nitrogen and oxygen atoms in total. The average molecular weight is 269 g/mol. The Morgan fingerprint density at radius 1 is 1.47 bits per heavy atom. The number of hydrogen-bond donors (Lipinski definition) is 2. The van der Waals surface area contributed by atoms with Crippen LogP contribution in [0.5, 0.6) is 0 Å². The lowest BCUT2D eigenvalue weighted by Crippen LogP contribution is -2.11. The number of nitrogens with two attached hydrogens (primary N) is 1. The summed E-state index contributed by atoms with van der Waals surface area (Å²) in [5, 5.41) is 0.736. The van der Waals surface area contributed by atoms with Crippen molar-refractivity contribution in [1.29, 1.82) is 0 Å². The quantitative estimate of drug-likeness (QED) is 0.830. The summed E-state index contributed by atoms with van der Waals surface area (Å²) >= 11 is 3.26. The minimum atomic E-state index is -0.0276. The molecule has 2 aromatic rings. The first-order chi connectivity index (χ1) is 8.13. The third-order valence-corrected chi connectivity index (χ3v) is 4.69. The van der Waals surface area contributed by atoms with Gasteiger partial charge >= 0.3 is 0 Å². The number of thioether (sulfide) groups is 1. The summed E-state index contributed by atoms with van der Waals surface area (Å²) in [4.78, 5) is 21.3. The van der Waals surface area contributed by atoms with Gasteiger partial charge in [-0.05, 0) is 19.4 Å². The van der Waals surface area contributed by atoms with E-state index in [2.05, 4.69) is 9.97 Å². The third kappa shape index (κ3) is 2.53. The molecule has 0 atom stereocenters. The van der Waals surface area contributed by atoms with Gasteiger partial charge in [0.05, 0.1) is 11.1 Å². The molecule has 0 fully saturated rings. The van der Waals surface area contributed by atoms with E-state index in [0.29, 0.717) is 12.3 Å². The van der Waals surface area contributed by atoms with E-state index in [-0.39, 0.29) is 5.56 Å². The Balaban J connectivity index is 2.39. The zero-order valence-electron chi connectivity index (χ0n) is 9.87. The van der Waals surface area contributed by atoms with Gasteiger partial charge in [-0.1, -0.05) is 0 Å². The molecule has 0 aliphatic rings. The van der Waals surface area contributed by atoms with Crippen molar-refractivity contribution in [1.82, 2.24) is 9.97 Å². The molecule has 2 heterocycles. The van der Waals surface area contributed by atoms with E-state index in [1.807, 2.05) is 13.8 Å². The Morgan fingerprint density at radius 3 is 2.94 bits per heavy atom. The second-order valence-electron chi connectivity index (χ2n) is 3.82. The number of fused-ring (bicyclic) bond motifs is 1.